The van der Waals surface area contributed by atoms with E-state index in [4.69, 9.17) is 0 Å². The molecule has 3 unspecified atom stereocenters. The number of nitro benzene ring substituents is 1. The first-order chi connectivity index (χ1) is 12.2. The molecule has 0 aliphatic carbocycles. The van der Waals surface area contributed by atoms with Crippen LogP contribution < -0.4 is 0 Å². The van der Waals surface area contributed by atoms with Crippen LogP contribution in [0.2, 0.25) is 0 Å². The van der Waals surface area contributed by atoms with Gasteiger partial charge in [0.15, 0.2) is 9.84 Å². The smallest absolute Gasteiger partial charge is 0.269 e. The minimum absolute atomic E-state index is 0.0367. The number of rotatable bonds is 3. The first kappa shape index (κ1) is 18.5. The maximum absolute atomic E-state index is 13.9. The van der Waals surface area contributed by atoms with E-state index in [1.54, 1.807) is 13.0 Å². The van der Waals surface area contributed by atoms with Gasteiger partial charge in [0.05, 0.1) is 21.7 Å². The first-order valence-corrected chi connectivity index (χ1v) is 9.84. The zero-order valence-corrected chi connectivity index (χ0v) is 14.8. The van der Waals surface area contributed by atoms with E-state index in [2.05, 4.69) is 0 Å². The number of fused-ring (bicyclic) bond motifs is 1. The van der Waals surface area contributed by atoms with Gasteiger partial charge in [-0.1, -0.05) is 19.1 Å². The Labute approximate surface area is 150 Å². The molecule has 2 aromatic carbocycles. The summed E-state index contributed by atoms with van der Waals surface area (Å²) in [6, 6.07) is 9.03. The van der Waals surface area contributed by atoms with Crippen molar-refractivity contribution in [2.75, 3.05) is 5.75 Å². The topological polar surface area (TPSA) is 97.5 Å². The number of halogens is 1. The van der Waals surface area contributed by atoms with Crippen LogP contribution in [0.1, 0.15) is 30.4 Å². The summed E-state index contributed by atoms with van der Waals surface area (Å²) >= 11 is 0. The zero-order valence-electron chi connectivity index (χ0n) is 14.0. The molecule has 0 aromatic heterocycles. The Balaban J connectivity index is 2.28. The van der Waals surface area contributed by atoms with Gasteiger partial charge < -0.3 is 5.11 Å². The summed E-state index contributed by atoms with van der Waals surface area (Å²) in [7, 11) is -3.72. The number of benzene rings is 2. The van der Waals surface area contributed by atoms with Crippen LogP contribution in [0, 0.1) is 21.8 Å². The molecule has 0 bridgehead atoms. The molecule has 1 aliphatic heterocycles. The molecule has 0 saturated heterocycles. The molecule has 138 valence electrons. The second kappa shape index (κ2) is 6.77. The van der Waals surface area contributed by atoms with Gasteiger partial charge in [-0.05, 0) is 41.7 Å². The lowest BCUT2D eigenvalue weighted by Crippen LogP contribution is -2.30. The van der Waals surface area contributed by atoms with E-state index in [1.165, 1.54) is 24.3 Å². The van der Waals surface area contributed by atoms with Crippen molar-refractivity contribution in [3.63, 3.8) is 0 Å². The number of hydrogen-bond acceptors (Lipinski definition) is 5. The molecular formula is C18H18FNO5S. The highest BCUT2D eigenvalue weighted by molar-refractivity contribution is 7.91. The van der Waals surface area contributed by atoms with Crippen LogP contribution >= 0.6 is 0 Å². The Kier molecular flexibility index (Phi) is 4.81. The van der Waals surface area contributed by atoms with E-state index in [0.29, 0.717) is 12.0 Å². The Morgan fingerprint density at radius 3 is 2.65 bits per heavy atom. The summed E-state index contributed by atoms with van der Waals surface area (Å²) in [6.45, 7) is 1.77. The van der Waals surface area contributed by atoms with Gasteiger partial charge in [0, 0.05) is 18.1 Å². The number of aliphatic hydroxyl groups excluding tert-OH is 1. The number of nitrogens with zero attached hydrogens (tertiary/aromatic N) is 1. The molecule has 1 aliphatic rings. The van der Waals surface area contributed by atoms with Crippen LogP contribution in [0.3, 0.4) is 0 Å². The molecule has 0 fully saturated rings. The standard InChI is InChI=1S/C18H18FNO5S/c1-2-11-10-26(24,25)16-7-6-13(19)9-15(16)17(18(11)21)12-4-3-5-14(8-12)20(22)23/h3-9,11,17-18,21H,2,10H2,1H3. The lowest BCUT2D eigenvalue weighted by molar-refractivity contribution is -0.384. The van der Waals surface area contributed by atoms with Crippen molar-refractivity contribution >= 4 is 15.5 Å². The van der Waals surface area contributed by atoms with Crippen molar-refractivity contribution < 1.29 is 22.8 Å². The molecule has 1 N–H and O–H groups in total. The van der Waals surface area contributed by atoms with E-state index in [0.717, 1.165) is 12.1 Å². The van der Waals surface area contributed by atoms with E-state index >= 15 is 0 Å². The average Bonchev–Trinajstić information content (AvgIpc) is 2.67. The molecule has 0 spiro atoms. The van der Waals surface area contributed by atoms with Crippen molar-refractivity contribution in [2.24, 2.45) is 5.92 Å². The summed E-state index contributed by atoms with van der Waals surface area (Å²) in [5.74, 6) is -2.33. The predicted molar refractivity (Wildman–Crippen MR) is 93.2 cm³/mol. The highest BCUT2D eigenvalue weighted by Gasteiger charge is 2.40. The summed E-state index contributed by atoms with van der Waals surface area (Å²) < 4.78 is 39.4. The molecule has 0 radical (unpaired) electrons. The van der Waals surface area contributed by atoms with E-state index < -0.39 is 38.5 Å². The number of aliphatic hydroxyl groups is 1. The number of hydrogen-bond donors (Lipinski definition) is 1. The van der Waals surface area contributed by atoms with Crippen molar-refractivity contribution in [3.05, 3.63) is 69.5 Å². The molecule has 1 heterocycles. The summed E-state index contributed by atoms with van der Waals surface area (Å²) in [5.41, 5.74) is 0.343. The van der Waals surface area contributed by atoms with Crippen LogP contribution in [0.4, 0.5) is 10.1 Å². The lowest BCUT2D eigenvalue weighted by Gasteiger charge is -2.27. The maximum atomic E-state index is 13.9. The van der Waals surface area contributed by atoms with Gasteiger partial charge in [0.2, 0.25) is 0 Å². The molecule has 0 amide bonds. The van der Waals surface area contributed by atoms with Crippen LogP contribution in [0.5, 0.6) is 0 Å². The Bertz CT molecular complexity index is 960. The summed E-state index contributed by atoms with van der Waals surface area (Å²) in [5, 5.41) is 22.0. The summed E-state index contributed by atoms with van der Waals surface area (Å²) in [4.78, 5) is 10.5. The van der Waals surface area contributed by atoms with E-state index in [1.807, 2.05) is 0 Å². The predicted octanol–water partition coefficient (Wildman–Crippen LogP) is 3.04. The van der Waals surface area contributed by atoms with Crippen LogP contribution in [-0.2, 0) is 9.84 Å². The van der Waals surface area contributed by atoms with Gasteiger partial charge in [-0.25, -0.2) is 12.8 Å². The summed E-state index contributed by atoms with van der Waals surface area (Å²) in [6.07, 6.45) is -0.706. The number of non-ortho nitro benzene ring substituents is 1. The van der Waals surface area contributed by atoms with Gasteiger partial charge in [0.25, 0.3) is 5.69 Å². The first-order valence-electron chi connectivity index (χ1n) is 8.19. The molecule has 3 rings (SSSR count). The molecule has 8 heteroatoms. The average molecular weight is 379 g/mol. The minimum atomic E-state index is -3.72. The Hall–Kier alpha value is -2.32. The molecule has 0 saturated carbocycles. The van der Waals surface area contributed by atoms with Crippen molar-refractivity contribution in [1.82, 2.24) is 0 Å². The van der Waals surface area contributed by atoms with Crippen molar-refractivity contribution in [1.29, 1.82) is 0 Å². The molecular weight excluding hydrogens is 361 g/mol. The SMILES string of the molecule is CCC1CS(=O)(=O)c2ccc(F)cc2C(c2cccc([N+](=O)[O-])c2)C1O. The third-order valence-corrected chi connectivity index (χ3v) is 6.77. The third kappa shape index (κ3) is 3.22. The highest BCUT2D eigenvalue weighted by atomic mass is 32.2. The van der Waals surface area contributed by atoms with Crippen molar-refractivity contribution in [3.8, 4) is 0 Å². The van der Waals surface area contributed by atoms with E-state index in [-0.39, 0.29) is 21.9 Å². The monoisotopic (exact) mass is 379 g/mol. The normalized spacial score (nSPS) is 24.5. The molecule has 2 aromatic rings. The Morgan fingerprint density at radius 2 is 2.00 bits per heavy atom. The number of sulfone groups is 1. The van der Waals surface area contributed by atoms with Crippen LogP contribution in [0.15, 0.2) is 47.4 Å². The fourth-order valence-electron chi connectivity index (χ4n) is 3.54. The van der Waals surface area contributed by atoms with Gasteiger partial charge in [-0.15, -0.1) is 0 Å². The lowest BCUT2D eigenvalue weighted by atomic mass is 9.80. The Morgan fingerprint density at radius 1 is 1.27 bits per heavy atom. The highest BCUT2D eigenvalue weighted by Crippen LogP contribution is 2.41. The van der Waals surface area contributed by atoms with Gasteiger partial charge in [0.1, 0.15) is 5.82 Å². The van der Waals surface area contributed by atoms with Gasteiger partial charge >= 0.3 is 0 Å². The fraction of sp³-hybridized carbons (Fsp3) is 0.333. The molecule has 3 atom stereocenters. The maximum Gasteiger partial charge on any atom is 0.269 e. The second-order valence-electron chi connectivity index (χ2n) is 6.45. The quantitative estimate of drug-likeness (QED) is 0.502. The van der Waals surface area contributed by atoms with Crippen molar-refractivity contribution in [2.45, 2.75) is 30.3 Å². The van der Waals surface area contributed by atoms with Gasteiger partial charge in [-0.2, -0.15) is 0 Å². The van der Waals surface area contributed by atoms with Crippen LogP contribution in [-0.4, -0.2) is 30.3 Å². The fourth-order valence-corrected chi connectivity index (χ4v) is 5.54. The van der Waals surface area contributed by atoms with E-state index in [9.17, 15) is 28.0 Å². The van der Waals surface area contributed by atoms with Gasteiger partial charge in [-0.3, -0.25) is 10.1 Å². The zero-order chi connectivity index (χ0) is 19.1. The minimum Gasteiger partial charge on any atom is -0.392 e. The molecule has 26 heavy (non-hydrogen) atoms. The number of nitro groups is 1. The molecule has 6 nitrogen and oxygen atoms in total. The second-order valence-corrected chi connectivity index (χ2v) is 8.45. The van der Waals surface area contributed by atoms with Crippen LogP contribution in [0.25, 0.3) is 0 Å². The third-order valence-electron chi connectivity index (χ3n) is 4.86. The largest absolute Gasteiger partial charge is 0.392 e.